The molecule has 1 unspecified atom stereocenters. The quantitative estimate of drug-likeness (QED) is 0.0611. The number of ether oxygens (including phenoxy) is 2. The normalized spacial score (nSPS) is 11.3. The molecule has 0 bridgehead atoms. The molecule has 0 aliphatic rings. The Morgan fingerprint density at radius 2 is 1.45 bits per heavy atom. The lowest BCUT2D eigenvalue weighted by molar-refractivity contribution is -0.139. The number of esters is 1. The minimum atomic E-state index is -1.23. The van der Waals surface area contributed by atoms with Crippen molar-refractivity contribution in [3.8, 4) is 11.5 Å². The average molecular weight is 669 g/mol. The Bertz CT molecular complexity index is 1720. The zero-order valence-electron chi connectivity index (χ0n) is 27.7. The topological polar surface area (TPSA) is 131 Å². The minimum absolute atomic E-state index is 0.0109. The number of carboxylic acid groups (broad SMARTS) is 1. The number of benzene rings is 4. The summed E-state index contributed by atoms with van der Waals surface area (Å²) >= 11 is 0. The second-order valence-corrected chi connectivity index (χ2v) is 11.7. The van der Waals surface area contributed by atoms with Crippen LogP contribution in [0.5, 0.6) is 11.5 Å². The highest BCUT2D eigenvalue weighted by atomic mass is 19.1. The third-order valence-corrected chi connectivity index (χ3v) is 7.95. The van der Waals surface area contributed by atoms with Crippen LogP contribution in [0.2, 0.25) is 0 Å². The number of anilines is 1. The van der Waals surface area contributed by atoms with E-state index in [1.807, 2.05) is 0 Å². The number of halogens is 1. The van der Waals surface area contributed by atoms with Gasteiger partial charge in [-0.05, 0) is 96.8 Å². The molecule has 0 saturated carbocycles. The first-order valence-corrected chi connectivity index (χ1v) is 16.3. The first-order valence-electron chi connectivity index (χ1n) is 16.3. The van der Waals surface area contributed by atoms with E-state index in [0.717, 1.165) is 12.8 Å². The Balaban J connectivity index is 1.25. The molecular formula is C39H41FN2O7. The van der Waals surface area contributed by atoms with Gasteiger partial charge in [0.1, 0.15) is 23.4 Å². The van der Waals surface area contributed by atoms with E-state index in [1.54, 1.807) is 67.6 Å². The van der Waals surface area contributed by atoms with Crippen molar-refractivity contribution in [2.24, 2.45) is 0 Å². The minimum Gasteiger partial charge on any atom is -0.494 e. The van der Waals surface area contributed by atoms with Crippen molar-refractivity contribution >= 4 is 29.4 Å². The first kappa shape index (κ1) is 36.3. The summed E-state index contributed by atoms with van der Waals surface area (Å²) in [6.07, 6.45) is 5.70. The van der Waals surface area contributed by atoms with Crippen LogP contribution in [0.15, 0.2) is 91.0 Å². The number of carbonyl (C=O) groups is 4. The smallest absolute Gasteiger partial charge is 0.343 e. The van der Waals surface area contributed by atoms with E-state index >= 15 is 0 Å². The molecule has 256 valence electrons. The number of rotatable bonds is 17. The van der Waals surface area contributed by atoms with Gasteiger partial charge in [0, 0.05) is 17.7 Å². The van der Waals surface area contributed by atoms with Gasteiger partial charge < -0.3 is 25.2 Å². The van der Waals surface area contributed by atoms with Crippen molar-refractivity contribution in [2.45, 2.75) is 64.8 Å². The fourth-order valence-corrected chi connectivity index (χ4v) is 5.05. The molecular weight excluding hydrogens is 627 g/mol. The molecule has 0 aromatic heterocycles. The number of aliphatic carboxylic acids is 1. The molecule has 9 nitrogen and oxygen atoms in total. The maximum absolute atomic E-state index is 13.8. The number of amides is 2. The molecule has 0 radical (unpaired) electrons. The fraction of sp³-hybridized carbons (Fsp3) is 0.282. The van der Waals surface area contributed by atoms with Crippen LogP contribution < -0.4 is 20.1 Å². The maximum Gasteiger partial charge on any atom is 0.343 e. The zero-order valence-corrected chi connectivity index (χ0v) is 27.7. The monoisotopic (exact) mass is 668 g/mol. The largest absolute Gasteiger partial charge is 0.494 e. The van der Waals surface area contributed by atoms with Crippen LogP contribution in [0, 0.1) is 12.7 Å². The zero-order chi connectivity index (χ0) is 35.2. The SMILES string of the molecule is CCCCCCCOc1ccc(C(=O)Oc2ccc(CC(NC(=O)c3ccc(NC(=O)Cc4cccc(F)c4C)cc3)C(=O)O)cc2)cc1. The van der Waals surface area contributed by atoms with Crippen LogP contribution in [-0.4, -0.2) is 41.5 Å². The molecule has 4 aromatic carbocycles. The predicted molar refractivity (Wildman–Crippen MR) is 185 cm³/mol. The van der Waals surface area contributed by atoms with E-state index in [4.69, 9.17) is 9.47 Å². The van der Waals surface area contributed by atoms with Gasteiger partial charge in [0.2, 0.25) is 5.91 Å². The molecule has 3 N–H and O–H groups in total. The molecule has 1 atom stereocenters. The van der Waals surface area contributed by atoms with Crippen molar-refractivity contribution in [2.75, 3.05) is 11.9 Å². The molecule has 0 fully saturated rings. The van der Waals surface area contributed by atoms with Crippen LogP contribution in [0.4, 0.5) is 10.1 Å². The summed E-state index contributed by atoms with van der Waals surface area (Å²) in [4.78, 5) is 49.9. The summed E-state index contributed by atoms with van der Waals surface area (Å²) in [6.45, 7) is 4.41. The molecule has 0 aliphatic heterocycles. The number of unbranched alkanes of at least 4 members (excludes halogenated alkanes) is 4. The summed E-state index contributed by atoms with van der Waals surface area (Å²) in [5, 5.41) is 15.0. The van der Waals surface area contributed by atoms with E-state index in [2.05, 4.69) is 17.6 Å². The predicted octanol–water partition coefficient (Wildman–Crippen LogP) is 7.31. The lowest BCUT2D eigenvalue weighted by atomic mass is 10.0. The molecule has 4 aromatic rings. The Morgan fingerprint density at radius 3 is 2.12 bits per heavy atom. The van der Waals surface area contributed by atoms with Crippen LogP contribution in [-0.2, 0) is 22.4 Å². The first-order chi connectivity index (χ1) is 23.6. The van der Waals surface area contributed by atoms with Gasteiger partial charge in [0.05, 0.1) is 18.6 Å². The van der Waals surface area contributed by atoms with Gasteiger partial charge in [-0.3, -0.25) is 9.59 Å². The number of carbonyl (C=O) groups excluding carboxylic acids is 3. The van der Waals surface area contributed by atoms with Gasteiger partial charge in [0.15, 0.2) is 0 Å². The van der Waals surface area contributed by atoms with Crippen LogP contribution >= 0.6 is 0 Å². The van der Waals surface area contributed by atoms with Gasteiger partial charge in [0.25, 0.3) is 5.91 Å². The van der Waals surface area contributed by atoms with Crippen LogP contribution in [0.3, 0.4) is 0 Å². The standard InChI is InChI=1S/C39H41FN2O7/c1-3-4-5-6-7-23-48-32-21-15-29(16-22-32)39(47)49-33-19-11-27(12-20-33)24-35(38(45)46)42-37(44)28-13-17-31(18-14-28)41-36(43)25-30-9-8-10-34(40)26(30)2/h8-22,35H,3-7,23-25H2,1-2H3,(H,41,43)(H,42,44)(H,45,46). The molecule has 0 saturated heterocycles. The van der Waals surface area contributed by atoms with Gasteiger partial charge in [-0.2, -0.15) is 0 Å². The number of hydrogen-bond donors (Lipinski definition) is 3. The number of nitrogens with one attached hydrogen (secondary N) is 2. The van der Waals surface area contributed by atoms with Crippen molar-refractivity contribution in [1.29, 1.82) is 0 Å². The second kappa shape index (κ2) is 18.1. The van der Waals surface area contributed by atoms with Crippen molar-refractivity contribution < 1.29 is 38.1 Å². The van der Waals surface area contributed by atoms with Crippen LogP contribution in [0.1, 0.15) is 76.4 Å². The summed E-state index contributed by atoms with van der Waals surface area (Å²) < 4.78 is 25.0. The van der Waals surface area contributed by atoms with Crippen molar-refractivity contribution in [3.63, 3.8) is 0 Å². The van der Waals surface area contributed by atoms with Gasteiger partial charge in [-0.1, -0.05) is 56.9 Å². The van der Waals surface area contributed by atoms with Crippen molar-refractivity contribution in [3.05, 3.63) is 125 Å². The van der Waals surface area contributed by atoms with Gasteiger partial charge in [-0.15, -0.1) is 0 Å². The lowest BCUT2D eigenvalue weighted by Crippen LogP contribution is -2.42. The molecule has 0 heterocycles. The van der Waals surface area contributed by atoms with E-state index < -0.39 is 23.9 Å². The molecule has 0 spiro atoms. The third-order valence-electron chi connectivity index (χ3n) is 7.95. The van der Waals surface area contributed by atoms with E-state index in [1.165, 1.54) is 49.6 Å². The second-order valence-electron chi connectivity index (χ2n) is 11.7. The Kier molecular flexibility index (Phi) is 13.5. The van der Waals surface area contributed by atoms with Crippen molar-refractivity contribution in [1.82, 2.24) is 5.32 Å². The van der Waals surface area contributed by atoms with E-state index in [-0.39, 0.29) is 35.9 Å². The molecule has 49 heavy (non-hydrogen) atoms. The van der Waals surface area contributed by atoms with Crippen LogP contribution in [0.25, 0.3) is 0 Å². The Labute approximate surface area is 285 Å². The molecule has 4 rings (SSSR count). The summed E-state index contributed by atoms with van der Waals surface area (Å²) in [7, 11) is 0. The highest BCUT2D eigenvalue weighted by molar-refractivity contribution is 5.98. The highest BCUT2D eigenvalue weighted by Crippen LogP contribution is 2.19. The third kappa shape index (κ3) is 11.3. The molecule has 2 amide bonds. The molecule has 0 aliphatic carbocycles. The van der Waals surface area contributed by atoms with Gasteiger partial charge >= 0.3 is 11.9 Å². The molecule has 10 heteroatoms. The Hall–Kier alpha value is -5.51. The number of hydrogen-bond acceptors (Lipinski definition) is 6. The maximum atomic E-state index is 13.8. The van der Waals surface area contributed by atoms with E-state index in [0.29, 0.717) is 40.3 Å². The van der Waals surface area contributed by atoms with Gasteiger partial charge in [-0.25, -0.2) is 14.0 Å². The Morgan fingerprint density at radius 1 is 0.796 bits per heavy atom. The summed E-state index contributed by atoms with van der Waals surface area (Å²) in [5.41, 5.74) is 2.58. The number of carboxylic acids is 1. The lowest BCUT2D eigenvalue weighted by Gasteiger charge is -2.15. The summed E-state index contributed by atoms with van der Waals surface area (Å²) in [6, 6.07) is 22.5. The fourth-order valence-electron chi connectivity index (χ4n) is 5.05. The highest BCUT2D eigenvalue weighted by Gasteiger charge is 2.22. The van der Waals surface area contributed by atoms with E-state index in [9.17, 15) is 28.7 Å². The average Bonchev–Trinajstić information content (AvgIpc) is 3.09. The summed E-state index contributed by atoms with van der Waals surface area (Å²) in [5.74, 6) is -2.12.